The fraction of sp³-hybridized carbons (Fsp3) is 0.750. The Bertz CT molecular complexity index is 340. The predicted molar refractivity (Wildman–Crippen MR) is 87.7 cm³/mol. The Morgan fingerprint density at radius 3 is 2.10 bits per heavy atom. The molecule has 0 heterocycles. The Morgan fingerprint density at radius 1 is 1.10 bits per heavy atom. The van der Waals surface area contributed by atoms with E-state index in [1.165, 1.54) is 6.92 Å². The molecule has 0 aliphatic carbocycles. The average molecular weight is 314 g/mol. The van der Waals surface area contributed by atoms with E-state index in [9.17, 15) is 9.59 Å². The Labute approximate surface area is 130 Å². The van der Waals surface area contributed by atoms with Gasteiger partial charge in [-0.1, -0.05) is 32.9 Å². The Hall–Kier alpha value is -0.943. The van der Waals surface area contributed by atoms with Crippen LogP contribution in [0, 0.1) is 5.92 Å². The lowest BCUT2D eigenvalue weighted by Gasteiger charge is -2.27. The largest absolute Gasteiger partial charge is 0.466 e. The number of hydrogen-bond donors (Lipinski definition) is 0. The maximum absolute atomic E-state index is 11.8. The third kappa shape index (κ3) is 7.57. The van der Waals surface area contributed by atoms with Crippen LogP contribution in [0.15, 0.2) is 12.2 Å². The second kappa shape index (κ2) is 10.7. The molecule has 5 heteroatoms. The molecule has 0 aromatic rings. The molecule has 0 radical (unpaired) electrons. The van der Waals surface area contributed by atoms with E-state index in [0.29, 0.717) is 13.2 Å². The van der Waals surface area contributed by atoms with Gasteiger partial charge in [-0.15, -0.1) is 0 Å². The van der Waals surface area contributed by atoms with Crippen LogP contribution in [-0.2, 0) is 18.8 Å². The minimum Gasteiger partial charge on any atom is -0.466 e. The van der Waals surface area contributed by atoms with Crippen molar-refractivity contribution in [3.8, 4) is 0 Å². The molecule has 0 aliphatic heterocycles. The summed E-state index contributed by atoms with van der Waals surface area (Å²) in [7, 11) is -1.60. The SMILES string of the molecule is CCOC(=O)C(/C=C/CO[Si](CC)(CC)CC)CC(C)=O. The Balaban J connectivity index is 4.56. The highest BCUT2D eigenvalue weighted by Gasteiger charge is 2.28. The van der Waals surface area contributed by atoms with Crippen molar-refractivity contribution in [1.82, 2.24) is 0 Å². The summed E-state index contributed by atoms with van der Waals surface area (Å²) < 4.78 is 11.1. The van der Waals surface area contributed by atoms with Crippen molar-refractivity contribution in [2.45, 2.75) is 59.2 Å². The number of carbonyl (C=O) groups excluding carboxylic acids is 2. The van der Waals surface area contributed by atoms with E-state index in [1.807, 2.05) is 6.08 Å². The van der Waals surface area contributed by atoms with Gasteiger partial charge in [-0.25, -0.2) is 0 Å². The molecule has 1 unspecified atom stereocenters. The van der Waals surface area contributed by atoms with E-state index in [2.05, 4.69) is 20.8 Å². The summed E-state index contributed by atoms with van der Waals surface area (Å²) in [5.41, 5.74) is 0. The molecule has 0 rings (SSSR count). The molecule has 0 amide bonds. The summed E-state index contributed by atoms with van der Waals surface area (Å²) in [6.07, 6.45) is 3.79. The van der Waals surface area contributed by atoms with Crippen LogP contribution < -0.4 is 0 Å². The minimum atomic E-state index is -1.60. The van der Waals surface area contributed by atoms with Crippen LogP contribution >= 0.6 is 0 Å². The normalized spacial score (nSPS) is 13.4. The summed E-state index contributed by atoms with van der Waals surface area (Å²) in [6, 6.07) is 3.30. The van der Waals surface area contributed by atoms with Crippen molar-refractivity contribution in [2.75, 3.05) is 13.2 Å². The minimum absolute atomic E-state index is 0.0157. The summed E-state index contributed by atoms with van der Waals surface area (Å²) in [6.45, 7) is 10.6. The molecule has 0 spiro atoms. The van der Waals surface area contributed by atoms with E-state index >= 15 is 0 Å². The number of ether oxygens (including phenoxy) is 1. The van der Waals surface area contributed by atoms with Crippen LogP contribution in [0.25, 0.3) is 0 Å². The van der Waals surface area contributed by atoms with Gasteiger partial charge >= 0.3 is 5.97 Å². The second-order valence-electron chi connectivity index (χ2n) is 5.25. The molecule has 0 aromatic carbocycles. The second-order valence-corrected chi connectivity index (χ2v) is 10.0. The summed E-state index contributed by atoms with van der Waals surface area (Å²) in [5.74, 6) is -0.848. The van der Waals surface area contributed by atoms with Crippen molar-refractivity contribution in [1.29, 1.82) is 0 Å². The van der Waals surface area contributed by atoms with Gasteiger partial charge in [-0.2, -0.15) is 0 Å². The maximum atomic E-state index is 11.8. The average Bonchev–Trinajstić information content (AvgIpc) is 2.47. The van der Waals surface area contributed by atoms with E-state index in [4.69, 9.17) is 9.16 Å². The lowest BCUT2D eigenvalue weighted by Crippen LogP contribution is -2.35. The van der Waals surface area contributed by atoms with Gasteiger partial charge in [0, 0.05) is 6.42 Å². The highest BCUT2D eigenvalue weighted by molar-refractivity contribution is 6.73. The van der Waals surface area contributed by atoms with Gasteiger partial charge in [-0.3, -0.25) is 9.59 Å². The number of carbonyl (C=O) groups is 2. The highest BCUT2D eigenvalue weighted by Crippen LogP contribution is 2.21. The van der Waals surface area contributed by atoms with Crippen LogP contribution in [0.3, 0.4) is 0 Å². The van der Waals surface area contributed by atoms with Crippen molar-refractivity contribution in [3.63, 3.8) is 0 Å². The maximum Gasteiger partial charge on any atom is 0.313 e. The van der Waals surface area contributed by atoms with Gasteiger partial charge in [-0.05, 0) is 32.0 Å². The first-order chi connectivity index (χ1) is 9.94. The van der Waals surface area contributed by atoms with Gasteiger partial charge in [0.2, 0.25) is 0 Å². The first-order valence-corrected chi connectivity index (χ1v) is 10.4. The van der Waals surface area contributed by atoms with E-state index in [1.54, 1.807) is 13.0 Å². The van der Waals surface area contributed by atoms with Crippen LogP contribution in [0.5, 0.6) is 0 Å². The molecule has 4 nitrogen and oxygen atoms in total. The number of Topliss-reactive ketones (excluding diaryl/α,β-unsaturated/α-hetero) is 1. The van der Waals surface area contributed by atoms with Crippen molar-refractivity contribution < 1.29 is 18.8 Å². The Kier molecular flexibility index (Phi) is 10.3. The van der Waals surface area contributed by atoms with Gasteiger partial charge in [0.25, 0.3) is 0 Å². The lowest BCUT2D eigenvalue weighted by atomic mass is 10.0. The number of hydrogen-bond acceptors (Lipinski definition) is 4. The lowest BCUT2D eigenvalue weighted by molar-refractivity contribution is -0.147. The van der Waals surface area contributed by atoms with Crippen molar-refractivity contribution in [3.05, 3.63) is 12.2 Å². The molecule has 0 saturated carbocycles. The number of ketones is 1. The molecular formula is C16H30O4Si. The number of esters is 1. The predicted octanol–water partition coefficient (Wildman–Crippen LogP) is 3.72. The molecule has 0 aliphatic rings. The summed E-state index contributed by atoms with van der Waals surface area (Å²) in [4.78, 5) is 23.0. The molecule has 122 valence electrons. The molecule has 0 saturated heterocycles. The summed E-state index contributed by atoms with van der Waals surface area (Å²) >= 11 is 0. The van der Waals surface area contributed by atoms with E-state index in [-0.39, 0.29) is 18.2 Å². The molecule has 0 N–H and O–H groups in total. The van der Waals surface area contributed by atoms with Gasteiger partial charge in [0.15, 0.2) is 8.32 Å². The van der Waals surface area contributed by atoms with Gasteiger partial charge in [0.1, 0.15) is 5.78 Å². The Morgan fingerprint density at radius 2 is 1.67 bits per heavy atom. The molecule has 0 bridgehead atoms. The first-order valence-electron chi connectivity index (χ1n) is 7.91. The van der Waals surface area contributed by atoms with Crippen molar-refractivity contribution in [2.24, 2.45) is 5.92 Å². The van der Waals surface area contributed by atoms with Crippen LogP contribution in [0.4, 0.5) is 0 Å². The fourth-order valence-corrected chi connectivity index (χ4v) is 4.85. The van der Waals surface area contributed by atoms with Gasteiger partial charge in [0.05, 0.1) is 19.1 Å². The van der Waals surface area contributed by atoms with Crippen LogP contribution in [0.2, 0.25) is 18.1 Å². The molecular weight excluding hydrogens is 284 g/mol. The topological polar surface area (TPSA) is 52.6 Å². The number of rotatable bonds is 11. The zero-order valence-electron chi connectivity index (χ0n) is 14.1. The third-order valence-electron chi connectivity index (χ3n) is 3.88. The monoisotopic (exact) mass is 314 g/mol. The smallest absolute Gasteiger partial charge is 0.313 e. The van der Waals surface area contributed by atoms with E-state index in [0.717, 1.165) is 18.1 Å². The molecule has 0 aromatic heterocycles. The summed E-state index contributed by atoms with van der Waals surface area (Å²) in [5, 5.41) is 0. The first kappa shape index (κ1) is 20.1. The third-order valence-corrected chi connectivity index (χ3v) is 8.53. The van der Waals surface area contributed by atoms with Gasteiger partial charge < -0.3 is 9.16 Å². The zero-order valence-corrected chi connectivity index (χ0v) is 15.1. The fourth-order valence-electron chi connectivity index (χ4n) is 2.29. The quantitative estimate of drug-likeness (QED) is 0.331. The highest BCUT2D eigenvalue weighted by atomic mass is 28.4. The van der Waals surface area contributed by atoms with Crippen LogP contribution in [0.1, 0.15) is 41.0 Å². The molecule has 1 atom stereocenters. The van der Waals surface area contributed by atoms with Crippen molar-refractivity contribution >= 4 is 20.1 Å². The standard InChI is InChI=1S/C16H30O4Si/c1-6-19-16(18)15(13-14(5)17)11-10-12-20-21(7-2,8-3)9-4/h10-11,15H,6-9,12-13H2,1-5H3/b11-10+. The molecule has 0 fully saturated rings. The van der Waals surface area contributed by atoms with E-state index < -0.39 is 14.2 Å². The van der Waals surface area contributed by atoms with Crippen LogP contribution in [-0.4, -0.2) is 33.3 Å². The zero-order chi connectivity index (χ0) is 16.3. The molecule has 21 heavy (non-hydrogen) atoms.